The monoisotopic (exact) mass is 1400 g/mol. The van der Waals surface area contributed by atoms with Crippen molar-refractivity contribution >= 4 is 131 Å². The Morgan fingerprint density at radius 3 is 1.24 bits per heavy atom. The smallest absolute Gasteiger partial charge is 0.137 e. The van der Waals surface area contributed by atoms with Crippen LogP contribution >= 0.6 is 0 Å². The normalized spacial score (nSPS) is 12.8. The van der Waals surface area contributed by atoms with E-state index in [-0.39, 0.29) is 5.92 Å². The van der Waals surface area contributed by atoms with Gasteiger partial charge in [0.2, 0.25) is 0 Å². The highest BCUT2D eigenvalue weighted by Crippen LogP contribution is 2.51. The van der Waals surface area contributed by atoms with Crippen LogP contribution in [0, 0.1) is 0 Å². The number of hydrogen-bond acceptors (Lipinski definition) is 2. The summed E-state index contributed by atoms with van der Waals surface area (Å²) in [5.74, 6) is 0.197. The number of nitrogens with zero attached hydrogens (tertiary/aromatic N) is 3. The third-order valence-corrected chi connectivity index (χ3v) is 23.3. The Kier molecular flexibility index (Phi) is 13.8. The molecular formula is C105H65N3O2. The van der Waals surface area contributed by atoms with Crippen LogP contribution in [-0.4, -0.2) is 13.7 Å². The van der Waals surface area contributed by atoms with Gasteiger partial charge in [0, 0.05) is 82.9 Å². The van der Waals surface area contributed by atoms with Gasteiger partial charge in [0.05, 0.1) is 33.1 Å². The fourth-order valence-corrected chi connectivity index (χ4v) is 18.2. The summed E-state index contributed by atoms with van der Waals surface area (Å²) in [4.78, 5) is 0. The molecule has 24 rings (SSSR count). The highest BCUT2D eigenvalue weighted by molar-refractivity contribution is 6.20. The molecule has 5 heteroatoms. The van der Waals surface area contributed by atoms with Crippen molar-refractivity contribution in [2.24, 2.45) is 0 Å². The minimum atomic E-state index is 0.197. The second kappa shape index (κ2) is 24.5. The highest BCUT2D eigenvalue weighted by Gasteiger charge is 2.31. The molecule has 1 aliphatic rings. The lowest BCUT2D eigenvalue weighted by atomic mass is 9.87. The van der Waals surface area contributed by atoms with Crippen LogP contribution in [0.1, 0.15) is 22.6 Å². The van der Waals surface area contributed by atoms with E-state index in [1.54, 1.807) is 0 Å². The van der Waals surface area contributed by atoms with Crippen molar-refractivity contribution in [2.75, 3.05) is 0 Å². The molecule has 0 amide bonds. The van der Waals surface area contributed by atoms with Gasteiger partial charge in [-0.2, -0.15) is 0 Å². The van der Waals surface area contributed by atoms with Crippen molar-refractivity contribution in [1.29, 1.82) is 0 Å². The molecule has 0 saturated heterocycles. The predicted molar refractivity (Wildman–Crippen MR) is 460 cm³/mol. The third-order valence-electron chi connectivity index (χ3n) is 23.3. The molecule has 512 valence electrons. The topological polar surface area (TPSA) is 41.1 Å². The van der Waals surface area contributed by atoms with Crippen LogP contribution < -0.4 is 0 Å². The molecule has 0 N–H and O–H groups in total. The second-order valence-electron chi connectivity index (χ2n) is 29.4. The first-order chi connectivity index (χ1) is 54.5. The summed E-state index contributed by atoms with van der Waals surface area (Å²) < 4.78 is 20.1. The van der Waals surface area contributed by atoms with Crippen LogP contribution in [-0.2, 0) is 0 Å². The molecule has 5 aromatic heterocycles. The molecule has 0 fully saturated rings. The van der Waals surface area contributed by atoms with E-state index in [2.05, 4.69) is 390 Å². The zero-order valence-corrected chi connectivity index (χ0v) is 59.7. The van der Waals surface area contributed by atoms with Gasteiger partial charge >= 0.3 is 0 Å². The number of fused-ring (bicyclic) bond motifs is 20. The van der Waals surface area contributed by atoms with Gasteiger partial charge in [-0.05, 0) is 209 Å². The number of rotatable bonds is 8. The molecule has 5 heterocycles. The maximum atomic E-state index is 6.46. The quantitative estimate of drug-likeness (QED) is 0.152. The Balaban J connectivity index is 0.000000132. The number of benzene rings is 18. The number of furan rings is 2. The third kappa shape index (κ3) is 9.81. The number of para-hydroxylation sites is 3. The Bertz CT molecular complexity index is 7730. The van der Waals surface area contributed by atoms with Gasteiger partial charge in [0.15, 0.2) is 0 Å². The minimum Gasteiger partial charge on any atom is -0.456 e. The van der Waals surface area contributed by atoms with E-state index in [0.29, 0.717) is 0 Å². The van der Waals surface area contributed by atoms with Crippen LogP contribution in [0.4, 0.5) is 0 Å². The summed E-state index contributed by atoms with van der Waals surface area (Å²) in [6, 6.07) is 141. The Morgan fingerprint density at radius 1 is 0.182 bits per heavy atom. The largest absolute Gasteiger partial charge is 0.456 e. The van der Waals surface area contributed by atoms with E-state index < -0.39 is 0 Å². The lowest BCUT2D eigenvalue weighted by Crippen LogP contribution is -1.99. The van der Waals surface area contributed by atoms with Gasteiger partial charge in [-0.25, -0.2) is 0 Å². The van der Waals surface area contributed by atoms with E-state index in [9.17, 15) is 0 Å². The van der Waals surface area contributed by atoms with Crippen molar-refractivity contribution < 1.29 is 8.83 Å². The molecule has 1 unspecified atom stereocenters. The van der Waals surface area contributed by atoms with Crippen LogP contribution in [0.3, 0.4) is 0 Å². The van der Waals surface area contributed by atoms with Crippen molar-refractivity contribution in [1.82, 2.24) is 13.7 Å². The molecule has 5 nitrogen and oxygen atoms in total. The number of hydrogen-bond donors (Lipinski definition) is 0. The van der Waals surface area contributed by atoms with Crippen molar-refractivity contribution in [3.8, 4) is 72.7 Å². The molecule has 18 aromatic carbocycles. The van der Waals surface area contributed by atoms with Crippen molar-refractivity contribution in [2.45, 2.75) is 5.92 Å². The molecule has 0 radical (unpaired) electrons. The maximum Gasteiger partial charge on any atom is 0.137 e. The summed E-state index contributed by atoms with van der Waals surface area (Å²) >= 11 is 0. The molecule has 110 heavy (non-hydrogen) atoms. The second-order valence-corrected chi connectivity index (χ2v) is 29.4. The first kappa shape index (κ1) is 61.8. The minimum absolute atomic E-state index is 0.197. The van der Waals surface area contributed by atoms with Crippen molar-refractivity contribution in [3.63, 3.8) is 0 Å². The van der Waals surface area contributed by atoms with E-state index in [1.807, 2.05) is 12.1 Å². The van der Waals surface area contributed by atoms with Crippen LogP contribution in [0.5, 0.6) is 0 Å². The van der Waals surface area contributed by atoms with Crippen LogP contribution in [0.25, 0.3) is 204 Å². The number of aromatic nitrogens is 3. The molecule has 1 atom stereocenters. The van der Waals surface area contributed by atoms with E-state index in [1.165, 1.54) is 148 Å². The van der Waals surface area contributed by atoms with Gasteiger partial charge in [-0.1, -0.05) is 267 Å². The zero-order chi connectivity index (χ0) is 72.1. The molecular weight excluding hydrogens is 1340 g/mol. The van der Waals surface area contributed by atoms with Crippen molar-refractivity contribution in [3.05, 3.63) is 405 Å². The van der Waals surface area contributed by atoms with Gasteiger partial charge in [-0.15, -0.1) is 0 Å². The lowest BCUT2D eigenvalue weighted by Gasteiger charge is -2.16. The molecule has 0 aliphatic heterocycles. The van der Waals surface area contributed by atoms with Gasteiger partial charge in [0.1, 0.15) is 22.3 Å². The fourth-order valence-electron chi connectivity index (χ4n) is 18.2. The molecule has 0 spiro atoms. The zero-order valence-electron chi connectivity index (χ0n) is 59.7. The summed E-state index contributed by atoms with van der Waals surface area (Å²) in [6.07, 6.45) is 0. The summed E-state index contributed by atoms with van der Waals surface area (Å²) in [5, 5.41) is 16.9. The highest BCUT2D eigenvalue weighted by atomic mass is 16.3. The first-order valence-electron chi connectivity index (χ1n) is 37.9. The molecule has 0 bridgehead atoms. The van der Waals surface area contributed by atoms with Gasteiger partial charge in [0.25, 0.3) is 0 Å². The standard InChI is InChI=1S/C53H33NO.C52H32N2O/c1-2-11-33(12-3-1)36-15-10-16-40(28-36)54-49-26-24-38(30-46(49)47-32-52-48(31-50(47)54)42-18-8-9-20-51(42)55-52)37-23-25-44-45(29-37)41-17-6-7-19-43(41)53(44)39-22-21-34-13-4-5-14-35(34)27-39;1-2-11-33(12-3-1)36-15-10-16-39(27-36)54-49-26-23-38(30-44(49)45-31-46-42-18-7-9-20-51(42)55-52(46)32-50(45)54)37-22-25-48-43(29-37)41-17-6-8-19-47(41)53(48)40-24-21-34-13-4-5-14-35(34)28-40/h1-32,53H;1-32H. The van der Waals surface area contributed by atoms with E-state index in [4.69, 9.17) is 8.83 Å². The fraction of sp³-hybridized carbons (Fsp3) is 0.00952. The van der Waals surface area contributed by atoms with Crippen LogP contribution in [0.2, 0.25) is 0 Å². The first-order valence-corrected chi connectivity index (χ1v) is 37.9. The van der Waals surface area contributed by atoms with Gasteiger partial charge in [-0.3, -0.25) is 0 Å². The maximum absolute atomic E-state index is 6.46. The Hall–Kier alpha value is -14.5. The van der Waals surface area contributed by atoms with E-state index >= 15 is 0 Å². The SMILES string of the molecule is c1ccc(-c2cccc(-n3c4ccc(-c5ccc6c(c5)-c5ccccc5C6c5ccc6ccccc6c5)cc4c4cc5oc6ccccc6c5cc43)c2)cc1.c1ccc(-c2cccc(-n3c4ccc(-c5ccc6c(c5)c5ccccc5n6-c5ccc6ccccc6c5)cc4c4cc5c(cc43)oc3ccccc35)c2)cc1. The summed E-state index contributed by atoms with van der Waals surface area (Å²) in [5.41, 5.74) is 30.3. The molecule has 0 saturated carbocycles. The molecule has 23 aromatic rings. The lowest BCUT2D eigenvalue weighted by molar-refractivity contribution is 0.669. The van der Waals surface area contributed by atoms with Crippen LogP contribution in [0.15, 0.2) is 397 Å². The Morgan fingerprint density at radius 2 is 0.600 bits per heavy atom. The summed E-state index contributed by atoms with van der Waals surface area (Å²) in [6.45, 7) is 0. The summed E-state index contributed by atoms with van der Waals surface area (Å²) in [7, 11) is 0. The average Bonchev–Trinajstić information content (AvgIpc) is 1.57. The predicted octanol–water partition coefficient (Wildman–Crippen LogP) is 28.6. The molecule has 1 aliphatic carbocycles. The average molecular weight is 1400 g/mol. The van der Waals surface area contributed by atoms with E-state index in [0.717, 1.165) is 71.8 Å². The Labute approximate surface area is 632 Å². The van der Waals surface area contributed by atoms with Gasteiger partial charge < -0.3 is 22.5 Å².